The fourth-order valence-electron chi connectivity index (χ4n) is 1.93. The van der Waals surface area contributed by atoms with Crippen LogP contribution in [0.15, 0.2) is 18.2 Å². The lowest BCUT2D eigenvalue weighted by Crippen LogP contribution is -2.16. The van der Waals surface area contributed by atoms with Crippen LogP contribution < -0.4 is 4.74 Å². The molecule has 7 nitrogen and oxygen atoms in total. The summed E-state index contributed by atoms with van der Waals surface area (Å²) in [5.74, 6) is -0.585. The van der Waals surface area contributed by atoms with E-state index in [9.17, 15) is 9.59 Å². The summed E-state index contributed by atoms with van der Waals surface area (Å²) in [5.41, 5.74) is 0.740. The van der Waals surface area contributed by atoms with E-state index >= 15 is 0 Å². The first-order chi connectivity index (χ1) is 11.5. The minimum atomic E-state index is -0.540. The number of rotatable bonds is 9. The van der Waals surface area contributed by atoms with Crippen molar-refractivity contribution in [2.24, 2.45) is 0 Å². The third-order valence-corrected chi connectivity index (χ3v) is 2.91. The molecule has 8 heteroatoms. The van der Waals surface area contributed by atoms with Gasteiger partial charge >= 0.3 is 11.9 Å². The Bertz CT molecular complexity index is 591. The molecule has 0 heterocycles. The smallest absolute Gasteiger partial charge is 0.338 e. The van der Waals surface area contributed by atoms with Gasteiger partial charge in [-0.2, -0.15) is 0 Å². The normalized spacial score (nSPS) is 9.56. The van der Waals surface area contributed by atoms with Crippen LogP contribution in [0.25, 0.3) is 0 Å². The van der Waals surface area contributed by atoms with Crippen LogP contribution in [0.3, 0.4) is 0 Å². The first kappa shape index (κ1) is 22.7. The molecule has 0 saturated heterocycles. The molecule has 0 radical (unpaired) electrons. The Morgan fingerprint density at radius 2 is 1.64 bits per heavy atom. The van der Waals surface area contributed by atoms with Crippen molar-refractivity contribution in [3.8, 4) is 5.75 Å². The molecule has 0 atom stereocenters. The molecular weight excluding hydrogens is 350 g/mol. The topological polar surface area (TPSA) is 94.9 Å². The number of hydrogen-bond donors (Lipinski definition) is 1. The summed E-state index contributed by atoms with van der Waals surface area (Å²) in [6, 6.07) is 4.73. The van der Waals surface area contributed by atoms with E-state index in [-0.39, 0.29) is 50.1 Å². The molecule has 0 aliphatic heterocycles. The van der Waals surface area contributed by atoms with Gasteiger partial charge in [0, 0.05) is 0 Å². The molecule has 1 N–H and O–H groups in total. The van der Waals surface area contributed by atoms with Crippen molar-refractivity contribution in [1.82, 2.24) is 0 Å². The molecule has 140 valence electrons. The summed E-state index contributed by atoms with van der Waals surface area (Å²) in [4.78, 5) is 23.8. The molecule has 0 amide bonds. The van der Waals surface area contributed by atoms with E-state index in [0.717, 1.165) is 0 Å². The van der Waals surface area contributed by atoms with Crippen LogP contribution >= 0.6 is 12.4 Å². The number of nitrogens with one attached hydrogen (secondary N) is 1. The molecule has 0 unspecified atom stereocenters. The average Bonchev–Trinajstić information content (AvgIpc) is 2.54. The minimum absolute atomic E-state index is 0. The van der Waals surface area contributed by atoms with E-state index in [4.69, 9.17) is 24.4 Å². The van der Waals surface area contributed by atoms with Gasteiger partial charge in [0.15, 0.2) is 6.61 Å². The van der Waals surface area contributed by atoms with Crippen LogP contribution in [0.4, 0.5) is 0 Å². The minimum Gasteiger partial charge on any atom is -0.484 e. The zero-order valence-electron chi connectivity index (χ0n) is 14.6. The molecule has 1 rings (SSSR count). The van der Waals surface area contributed by atoms with Crippen molar-refractivity contribution in [3.63, 3.8) is 0 Å². The number of carbonyl (C=O) groups is 2. The monoisotopic (exact) mass is 373 g/mol. The highest BCUT2D eigenvalue weighted by Crippen LogP contribution is 2.20. The van der Waals surface area contributed by atoms with Gasteiger partial charge in [0.2, 0.25) is 5.90 Å². The van der Waals surface area contributed by atoms with Crippen LogP contribution in [0.5, 0.6) is 5.75 Å². The van der Waals surface area contributed by atoms with E-state index in [0.29, 0.717) is 17.9 Å². The maximum absolute atomic E-state index is 12.1. The number of carbonyl (C=O) groups excluding carboxylic acids is 2. The SMILES string of the molecule is CCOC(=N)COc1ccc(CC(=O)OCC)c(C(=O)OCC)c1.Cl. The number of benzene rings is 1. The Morgan fingerprint density at radius 3 is 2.24 bits per heavy atom. The van der Waals surface area contributed by atoms with Crippen molar-refractivity contribution in [2.75, 3.05) is 26.4 Å². The third kappa shape index (κ3) is 7.89. The predicted octanol–water partition coefficient (Wildman–Crippen LogP) is 2.78. The number of esters is 2. The highest BCUT2D eigenvalue weighted by molar-refractivity contribution is 5.93. The lowest BCUT2D eigenvalue weighted by atomic mass is 10.0. The summed E-state index contributed by atoms with van der Waals surface area (Å²) >= 11 is 0. The van der Waals surface area contributed by atoms with Crippen LogP contribution in [0.1, 0.15) is 36.7 Å². The van der Waals surface area contributed by atoms with E-state index < -0.39 is 11.9 Å². The van der Waals surface area contributed by atoms with Gasteiger partial charge in [-0.05, 0) is 38.5 Å². The summed E-state index contributed by atoms with van der Waals surface area (Å²) < 4.78 is 20.3. The molecule has 0 aromatic heterocycles. The van der Waals surface area contributed by atoms with E-state index in [1.54, 1.807) is 32.9 Å². The summed E-state index contributed by atoms with van der Waals surface area (Å²) in [7, 11) is 0. The standard InChI is InChI=1S/C17H23NO6.ClH/c1-4-21-15(18)11-24-13-8-7-12(9-16(19)22-5-2)14(10-13)17(20)23-6-3;/h7-8,10,18H,4-6,9,11H2,1-3H3;1H. The van der Waals surface area contributed by atoms with Crippen molar-refractivity contribution in [3.05, 3.63) is 29.3 Å². The molecule has 0 aliphatic carbocycles. The van der Waals surface area contributed by atoms with Crippen molar-refractivity contribution in [1.29, 1.82) is 5.41 Å². The highest BCUT2D eigenvalue weighted by Gasteiger charge is 2.17. The fraction of sp³-hybridized carbons (Fsp3) is 0.471. The molecule has 0 spiro atoms. The van der Waals surface area contributed by atoms with Crippen LogP contribution in [0.2, 0.25) is 0 Å². The van der Waals surface area contributed by atoms with Crippen LogP contribution in [-0.4, -0.2) is 44.3 Å². The number of halogens is 1. The Labute approximate surface area is 153 Å². The summed E-state index contributed by atoms with van der Waals surface area (Å²) in [6.45, 7) is 6.02. The quantitative estimate of drug-likeness (QED) is 0.406. The van der Waals surface area contributed by atoms with Gasteiger partial charge in [0.1, 0.15) is 5.75 Å². The average molecular weight is 374 g/mol. The molecule has 0 bridgehead atoms. The second kappa shape index (κ2) is 12.1. The maximum Gasteiger partial charge on any atom is 0.338 e. The van der Waals surface area contributed by atoms with Crippen molar-refractivity contribution in [2.45, 2.75) is 27.2 Å². The summed E-state index contributed by atoms with van der Waals surface area (Å²) in [5, 5.41) is 7.52. The Morgan fingerprint density at radius 1 is 1.00 bits per heavy atom. The zero-order valence-corrected chi connectivity index (χ0v) is 15.4. The number of ether oxygens (including phenoxy) is 4. The molecule has 0 fully saturated rings. The van der Waals surface area contributed by atoms with Gasteiger partial charge in [0.25, 0.3) is 0 Å². The van der Waals surface area contributed by atoms with Gasteiger partial charge in [-0.1, -0.05) is 6.07 Å². The van der Waals surface area contributed by atoms with Gasteiger partial charge in [0.05, 0.1) is 31.8 Å². The van der Waals surface area contributed by atoms with Crippen molar-refractivity contribution < 1.29 is 28.5 Å². The van der Waals surface area contributed by atoms with Crippen LogP contribution in [0, 0.1) is 5.41 Å². The third-order valence-electron chi connectivity index (χ3n) is 2.91. The van der Waals surface area contributed by atoms with E-state index in [1.165, 1.54) is 6.07 Å². The van der Waals surface area contributed by atoms with Crippen molar-refractivity contribution >= 4 is 30.2 Å². The highest BCUT2D eigenvalue weighted by atomic mass is 35.5. The fourth-order valence-corrected chi connectivity index (χ4v) is 1.93. The maximum atomic E-state index is 12.1. The Balaban J connectivity index is 0.00000576. The molecule has 0 saturated carbocycles. The first-order valence-corrected chi connectivity index (χ1v) is 7.80. The lowest BCUT2D eigenvalue weighted by Gasteiger charge is -2.12. The molecular formula is C17H24ClNO6. The Hall–Kier alpha value is -2.28. The second-order valence-corrected chi connectivity index (χ2v) is 4.67. The number of hydrogen-bond acceptors (Lipinski definition) is 7. The molecule has 1 aromatic carbocycles. The largest absolute Gasteiger partial charge is 0.484 e. The molecule has 0 aliphatic rings. The lowest BCUT2D eigenvalue weighted by molar-refractivity contribution is -0.142. The van der Waals surface area contributed by atoms with Gasteiger partial charge in [-0.3, -0.25) is 10.2 Å². The zero-order chi connectivity index (χ0) is 17.9. The predicted molar refractivity (Wildman–Crippen MR) is 94.8 cm³/mol. The first-order valence-electron chi connectivity index (χ1n) is 7.80. The molecule has 1 aromatic rings. The van der Waals surface area contributed by atoms with Gasteiger partial charge < -0.3 is 18.9 Å². The second-order valence-electron chi connectivity index (χ2n) is 4.67. The van der Waals surface area contributed by atoms with E-state index in [2.05, 4.69) is 0 Å². The Kier molecular flexibility index (Phi) is 11.0. The van der Waals surface area contributed by atoms with Crippen LogP contribution in [-0.2, 0) is 25.4 Å². The molecule has 25 heavy (non-hydrogen) atoms. The summed E-state index contributed by atoms with van der Waals surface area (Å²) in [6.07, 6.45) is -0.0307. The van der Waals surface area contributed by atoms with Gasteiger partial charge in [-0.25, -0.2) is 4.79 Å². The van der Waals surface area contributed by atoms with E-state index in [1.807, 2.05) is 0 Å². The van der Waals surface area contributed by atoms with Gasteiger partial charge in [-0.15, -0.1) is 12.4 Å².